The van der Waals surface area contributed by atoms with E-state index < -0.39 is 5.79 Å². The fraction of sp³-hybridized carbons (Fsp3) is 0.909. The van der Waals surface area contributed by atoms with Gasteiger partial charge in [-0.3, -0.25) is 9.69 Å². The lowest BCUT2D eigenvalue weighted by molar-refractivity contribution is -0.188. The maximum absolute atomic E-state index is 13.1. The van der Waals surface area contributed by atoms with Crippen molar-refractivity contribution in [1.82, 2.24) is 20.4 Å². The molecule has 2 atom stereocenters. The Morgan fingerprint density at radius 3 is 2.47 bits per heavy atom. The zero-order valence-corrected chi connectivity index (χ0v) is 19.8. The van der Waals surface area contributed by atoms with E-state index in [9.17, 15) is 9.59 Å². The van der Waals surface area contributed by atoms with E-state index in [2.05, 4.69) is 29.4 Å². The van der Waals surface area contributed by atoms with Crippen molar-refractivity contribution in [2.24, 2.45) is 17.3 Å². The highest BCUT2D eigenvalue weighted by Crippen LogP contribution is 2.41. The minimum atomic E-state index is -0.447. The van der Waals surface area contributed by atoms with Crippen molar-refractivity contribution < 1.29 is 19.1 Å². The summed E-state index contributed by atoms with van der Waals surface area (Å²) in [5, 5.41) is 6.05. The molecular weight excluding hydrogens is 384 g/mol. The highest BCUT2D eigenvalue weighted by atomic mass is 16.7. The van der Waals surface area contributed by atoms with E-state index in [-0.39, 0.29) is 23.3 Å². The molecule has 1 aliphatic carbocycles. The van der Waals surface area contributed by atoms with Crippen LogP contribution in [0, 0.1) is 17.3 Å². The highest BCUT2D eigenvalue weighted by Gasteiger charge is 2.42. The van der Waals surface area contributed by atoms with Gasteiger partial charge in [-0.25, -0.2) is 4.79 Å². The Kier molecular flexibility index (Phi) is 9.09. The van der Waals surface area contributed by atoms with Gasteiger partial charge in [-0.15, -0.1) is 0 Å². The zero-order chi connectivity index (χ0) is 22.4. The molecule has 0 aromatic carbocycles. The first-order valence-corrected chi connectivity index (χ1v) is 11.2. The second-order valence-corrected chi connectivity index (χ2v) is 10.0. The van der Waals surface area contributed by atoms with Gasteiger partial charge < -0.3 is 25.0 Å². The summed E-state index contributed by atoms with van der Waals surface area (Å²) in [4.78, 5) is 29.1. The first kappa shape index (κ1) is 25.0. The number of amides is 3. The number of ether oxygens (including phenoxy) is 2. The van der Waals surface area contributed by atoms with E-state index >= 15 is 0 Å². The van der Waals surface area contributed by atoms with E-state index in [1.165, 1.54) is 4.90 Å². The third kappa shape index (κ3) is 7.18. The first-order valence-electron chi connectivity index (χ1n) is 11.2. The van der Waals surface area contributed by atoms with Crippen molar-refractivity contribution in [3.63, 3.8) is 0 Å². The maximum atomic E-state index is 13.1. The predicted molar refractivity (Wildman–Crippen MR) is 117 cm³/mol. The van der Waals surface area contributed by atoms with Crippen molar-refractivity contribution in [3.05, 3.63) is 0 Å². The quantitative estimate of drug-likeness (QED) is 0.586. The summed E-state index contributed by atoms with van der Waals surface area (Å²) >= 11 is 0. The number of carbonyl (C=O) groups excluding carboxylic acids is 2. The van der Waals surface area contributed by atoms with Crippen molar-refractivity contribution >= 4 is 11.9 Å². The van der Waals surface area contributed by atoms with E-state index in [1.54, 1.807) is 7.05 Å². The summed E-state index contributed by atoms with van der Waals surface area (Å²) in [6.07, 6.45) is 4.60. The van der Waals surface area contributed by atoms with Gasteiger partial charge in [-0.2, -0.15) is 0 Å². The van der Waals surface area contributed by atoms with Gasteiger partial charge in [-0.05, 0) is 45.3 Å². The van der Waals surface area contributed by atoms with Gasteiger partial charge in [0.2, 0.25) is 5.91 Å². The highest BCUT2D eigenvalue weighted by molar-refractivity contribution is 5.95. The van der Waals surface area contributed by atoms with Gasteiger partial charge in [-0.1, -0.05) is 20.3 Å². The lowest BCUT2D eigenvalue weighted by Crippen LogP contribution is -2.49. The number of urea groups is 1. The fourth-order valence-electron chi connectivity index (χ4n) is 4.90. The Balaban J connectivity index is 1.92. The van der Waals surface area contributed by atoms with Crippen molar-refractivity contribution in [2.45, 2.75) is 51.7 Å². The largest absolute Gasteiger partial charge is 0.348 e. The minimum Gasteiger partial charge on any atom is -0.348 e. The molecule has 8 nitrogen and oxygen atoms in total. The van der Waals surface area contributed by atoms with Crippen molar-refractivity contribution in [1.29, 1.82) is 0 Å². The standard InChI is InChI=1S/C22H42N4O4/c1-21(2,16-25(4)5)15-24-20(28)26(6)19(27)18(14-23-3)12-17-8-7-9-22(13-17)29-10-11-30-22/h17-18,23H,7-16H2,1-6H3,(H,24,28)/t17-,18-/m1/s1. The van der Waals surface area contributed by atoms with Crippen LogP contribution in [-0.4, -0.2) is 88.6 Å². The van der Waals surface area contributed by atoms with Gasteiger partial charge in [0.15, 0.2) is 5.79 Å². The van der Waals surface area contributed by atoms with E-state index in [1.807, 2.05) is 21.1 Å². The Morgan fingerprint density at radius 1 is 1.20 bits per heavy atom. The molecule has 3 amide bonds. The molecule has 1 spiro atoms. The van der Waals surface area contributed by atoms with Crippen molar-refractivity contribution in [3.8, 4) is 0 Å². The van der Waals surface area contributed by atoms with Crippen LogP contribution in [0.25, 0.3) is 0 Å². The molecule has 0 unspecified atom stereocenters. The molecule has 1 saturated heterocycles. The van der Waals surface area contributed by atoms with Crippen LogP contribution in [0.2, 0.25) is 0 Å². The SMILES string of the molecule is CNC[C@@H](C[C@H]1CCCC2(C1)OCCO2)C(=O)N(C)C(=O)NCC(C)(C)CN(C)C. The van der Waals surface area contributed by atoms with Crippen LogP contribution in [0.15, 0.2) is 0 Å². The maximum Gasteiger partial charge on any atom is 0.323 e. The van der Waals surface area contributed by atoms with Crippen LogP contribution >= 0.6 is 0 Å². The summed E-state index contributed by atoms with van der Waals surface area (Å²) in [5.74, 6) is -0.478. The fourth-order valence-corrected chi connectivity index (χ4v) is 4.90. The van der Waals surface area contributed by atoms with Gasteiger partial charge in [0, 0.05) is 39.5 Å². The molecule has 2 N–H and O–H groups in total. The topological polar surface area (TPSA) is 83.1 Å². The number of imide groups is 1. The number of carbonyl (C=O) groups is 2. The number of hydrogen-bond acceptors (Lipinski definition) is 6. The Labute approximate surface area is 182 Å². The lowest BCUT2D eigenvalue weighted by Gasteiger charge is -2.37. The third-order valence-corrected chi connectivity index (χ3v) is 6.10. The van der Waals surface area contributed by atoms with E-state index in [0.717, 1.165) is 38.6 Å². The lowest BCUT2D eigenvalue weighted by atomic mass is 9.79. The minimum absolute atomic E-state index is 0.0783. The molecule has 0 aromatic rings. The Hall–Kier alpha value is -1.22. The van der Waals surface area contributed by atoms with E-state index in [4.69, 9.17) is 9.47 Å². The number of hydrogen-bond donors (Lipinski definition) is 2. The average Bonchev–Trinajstić information content (AvgIpc) is 3.11. The van der Waals surface area contributed by atoms with Crippen LogP contribution in [0.5, 0.6) is 0 Å². The summed E-state index contributed by atoms with van der Waals surface area (Å²) in [6, 6.07) is -0.337. The van der Waals surface area contributed by atoms with Crippen LogP contribution in [0.1, 0.15) is 46.0 Å². The first-order chi connectivity index (χ1) is 14.1. The Bertz CT molecular complexity index is 575. The molecule has 174 valence electrons. The molecule has 0 radical (unpaired) electrons. The second-order valence-electron chi connectivity index (χ2n) is 10.0. The van der Waals surface area contributed by atoms with Gasteiger partial charge >= 0.3 is 6.03 Å². The third-order valence-electron chi connectivity index (χ3n) is 6.10. The molecular formula is C22H42N4O4. The average molecular weight is 427 g/mol. The van der Waals surface area contributed by atoms with Gasteiger partial charge in [0.25, 0.3) is 0 Å². The summed E-state index contributed by atoms with van der Waals surface area (Å²) < 4.78 is 11.8. The number of nitrogens with zero attached hydrogens (tertiary/aromatic N) is 2. The van der Waals surface area contributed by atoms with E-state index in [0.29, 0.717) is 32.2 Å². The summed E-state index contributed by atoms with van der Waals surface area (Å²) in [6.45, 7) is 7.42. The van der Waals surface area contributed by atoms with Crippen LogP contribution < -0.4 is 10.6 Å². The molecule has 0 bridgehead atoms. The zero-order valence-electron chi connectivity index (χ0n) is 19.8. The van der Waals surface area contributed by atoms with Crippen LogP contribution in [-0.2, 0) is 14.3 Å². The molecule has 1 aliphatic heterocycles. The second kappa shape index (κ2) is 10.9. The van der Waals surface area contributed by atoms with Crippen LogP contribution in [0.4, 0.5) is 4.79 Å². The molecule has 0 aromatic heterocycles. The molecule has 1 heterocycles. The normalized spacial score (nSPS) is 22.3. The van der Waals surface area contributed by atoms with Gasteiger partial charge in [0.05, 0.1) is 19.1 Å². The monoisotopic (exact) mass is 426 g/mol. The number of nitrogens with one attached hydrogen (secondary N) is 2. The molecule has 1 saturated carbocycles. The predicted octanol–water partition coefficient (Wildman–Crippen LogP) is 1.90. The molecule has 2 fully saturated rings. The number of rotatable bonds is 9. The molecule has 8 heteroatoms. The smallest absolute Gasteiger partial charge is 0.323 e. The van der Waals surface area contributed by atoms with Gasteiger partial charge in [0.1, 0.15) is 0 Å². The summed E-state index contributed by atoms with van der Waals surface area (Å²) in [7, 11) is 7.44. The molecule has 2 aliphatic rings. The molecule has 2 rings (SSSR count). The Morgan fingerprint density at radius 2 is 1.87 bits per heavy atom. The van der Waals surface area contributed by atoms with Crippen LogP contribution in [0.3, 0.4) is 0 Å². The molecule has 30 heavy (non-hydrogen) atoms. The summed E-state index contributed by atoms with van der Waals surface area (Å²) in [5.41, 5.74) is -0.0783. The van der Waals surface area contributed by atoms with Crippen molar-refractivity contribution in [2.75, 3.05) is 61.0 Å².